The molecule has 102 valence electrons. The van der Waals surface area contributed by atoms with Crippen molar-refractivity contribution >= 4 is 0 Å². The van der Waals surface area contributed by atoms with E-state index in [1.54, 1.807) is 13.0 Å². The van der Waals surface area contributed by atoms with Crippen molar-refractivity contribution < 1.29 is 4.39 Å². The predicted octanol–water partition coefficient (Wildman–Crippen LogP) is 2.90. The highest BCUT2D eigenvalue weighted by Crippen LogP contribution is 2.19. The molecule has 0 spiro atoms. The summed E-state index contributed by atoms with van der Waals surface area (Å²) in [6.45, 7) is 6.62. The van der Waals surface area contributed by atoms with Gasteiger partial charge in [0.1, 0.15) is 5.82 Å². The van der Waals surface area contributed by atoms with E-state index >= 15 is 0 Å². The van der Waals surface area contributed by atoms with E-state index in [0.29, 0.717) is 12.0 Å². The lowest BCUT2D eigenvalue weighted by atomic mass is 10.0. The van der Waals surface area contributed by atoms with Crippen molar-refractivity contribution in [3.8, 4) is 0 Å². The van der Waals surface area contributed by atoms with Gasteiger partial charge in [0.05, 0.1) is 5.69 Å². The molecule has 0 saturated carbocycles. The highest BCUT2D eigenvalue weighted by molar-refractivity contribution is 5.27. The van der Waals surface area contributed by atoms with Crippen LogP contribution in [0.25, 0.3) is 0 Å². The van der Waals surface area contributed by atoms with Gasteiger partial charge in [-0.3, -0.25) is 4.68 Å². The summed E-state index contributed by atoms with van der Waals surface area (Å²) in [6, 6.07) is 6.97. The molecular formula is C15H20FN3. The second-order valence-electron chi connectivity index (χ2n) is 4.91. The van der Waals surface area contributed by atoms with Gasteiger partial charge in [0.25, 0.3) is 0 Å². The molecule has 1 heterocycles. The van der Waals surface area contributed by atoms with Gasteiger partial charge in [-0.1, -0.05) is 12.1 Å². The largest absolute Gasteiger partial charge is 0.324 e. The summed E-state index contributed by atoms with van der Waals surface area (Å²) >= 11 is 0. The Morgan fingerprint density at radius 3 is 2.68 bits per heavy atom. The average Bonchev–Trinajstić information content (AvgIpc) is 2.72. The van der Waals surface area contributed by atoms with Crippen molar-refractivity contribution in [1.29, 1.82) is 0 Å². The first-order chi connectivity index (χ1) is 9.01. The van der Waals surface area contributed by atoms with Gasteiger partial charge in [-0.25, -0.2) is 4.39 Å². The standard InChI is InChI=1S/C15H20FN3/c1-4-19-13(8-11(3)18-19)9-15(17)12-5-6-14(16)10(2)7-12/h5-8,15H,4,9,17H2,1-3H3. The van der Waals surface area contributed by atoms with Gasteiger partial charge in [-0.05, 0) is 44.0 Å². The molecular weight excluding hydrogens is 241 g/mol. The molecule has 0 bridgehead atoms. The Morgan fingerprint density at radius 2 is 2.05 bits per heavy atom. The third-order valence-corrected chi connectivity index (χ3v) is 3.32. The van der Waals surface area contributed by atoms with E-state index in [9.17, 15) is 4.39 Å². The molecule has 0 radical (unpaired) electrons. The zero-order valence-electron chi connectivity index (χ0n) is 11.7. The van der Waals surface area contributed by atoms with Gasteiger partial charge in [0.15, 0.2) is 0 Å². The molecule has 0 aliphatic heterocycles. The number of rotatable bonds is 4. The first-order valence-electron chi connectivity index (χ1n) is 6.56. The molecule has 2 rings (SSSR count). The monoisotopic (exact) mass is 261 g/mol. The smallest absolute Gasteiger partial charge is 0.126 e. The third kappa shape index (κ3) is 3.01. The summed E-state index contributed by atoms with van der Waals surface area (Å²) in [6.07, 6.45) is 0.708. The zero-order chi connectivity index (χ0) is 14.0. The summed E-state index contributed by atoms with van der Waals surface area (Å²) < 4.78 is 15.2. The van der Waals surface area contributed by atoms with Crippen LogP contribution < -0.4 is 5.73 Å². The maximum atomic E-state index is 13.3. The number of nitrogens with two attached hydrogens (primary N) is 1. The second kappa shape index (κ2) is 5.53. The minimum Gasteiger partial charge on any atom is -0.324 e. The second-order valence-corrected chi connectivity index (χ2v) is 4.91. The first-order valence-corrected chi connectivity index (χ1v) is 6.56. The molecule has 1 aromatic heterocycles. The van der Waals surface area contributed by atoms with Crippen molar-refractivity contribution in [2.45, 2.75) is 39.8 Å². The van der Waals surface area contributed by atoms with Crippen molar-refractivity contribution in [2.75, 3.05) is 0 Å². The highest BCUT2D eigenvalue weighted by atomic mass is 19.1. The van der Waals surface area contributed by atoms with Gasteiger partial charge in [-0.2, -0.15) is 5.10 Å². The van der Waals surface area contributed by atoms with E-state index < -0.39 is 0 Å². The third-order valence-electron chi connectivity index (χ3n) is 3.32. The SMILES string of the molecule is CCn1nc(C)cc1CC(N)c1ccc(F)c(C)c1. The predicted molar refractivity (Wildman–Crippen MR) is 74.4 cm³/mol. The highest BCUT2D eigenvalue weighted by Gasteiger charge is 2.12. The van der Waals surface area contributed by atoms with E-state index in [1.165, 1.54) is 6.07 Å². The fourth-order valence-corrected chi connectivity index (χ4v) is 2.28. The summed E-state index contributed by atoms with van der Waals surface area (Å²) in [5, 5.41) is 4.41. The maximum absolute atomic E-state index is 13.3. The lowest BCUT2D eigenvalue weighted by Gasteiger charge is -2.14. The molecule has 1 atom stereocenters. The number of nitrogens with zero attached hydrogens (tertiary/aromatic N) is 2. The van der Waals surface area contributed by atoms with Crippen LogP contribution >= 0.6 is 0 Å². The minimum absolute atomic E-state index is 0.138. The molecule has 0 aliphatic rings. The fourth-order valence-electron chi connectivity index (χ4n) is 2.28. The molecule has 1 unspecified atom stereocenters. The molecule has 0 fully saturated rings. The number of hydrogen-bond donors (Lipinski definition) is 1. The lowest BCUT2D eigenvalue weighted by molar-refractivity contribution is 0.584. The summed E-state index contributed by atoms with van der Waals surface area (Å²) in [5.41, 5.74) is 9.93. The molecule has 2 aromatic rings. The molecule has 2 N–H and O–H groups in total. The van der Waals surface area contributed by atoms with Crippen LogP contribution in [0.4, 0.5) is 4.39 Å². The maximum Gasteiger partial charge on any atom is 0.126 e. The van der Waals surface area contributed by atoms with Gasteiger partial charge in [0, 0.05) is 24.7 Å². The van der Waals surface area contributed by atoms with Gasteiger partial charge in [0.2, 0.25) is 0 Å². The van der Waals surface area contributed by atoms with E-state index in [4.69, 9.17) is 5.73 Å². The van der Waals surface area contributed by atoms with Crippen LogP contribution in [0.3, 0.4) is 0 Å². The molecule has 19 heavy (non-hydrogen) atoms. The van der Waals surface area contributed by atoms with Gasteiger partial charge in [-0.15, -0.1) is 0 Å². The van der Waals surface area contributed by atoms with Crippen LogP contribution in [0.5, 0.6) is 0 Å². The quantitative estimate of drug-likeness (QED) is 0.919. The Kier molecular flexibility index (Phi) is 4.00. The Hall–Kier alpha value is -1.68. The number of benzene rings is 1. The van der Waals surface area contributed by atoms with E-state index in [1.807, 2.05) is 17.7 Å². The van der Waals surface area contributed by atoms with Crippen LogP contribution in [0.2, 0.25) is 0 Å². The molecule has 4 heteroatoms. The molecule has 1 aromatic carbocycles. The summed E-state index contributed by atoms with van der Waals surface area (Å²) in [5.74, 6) is -0.189. The number of hydrogen-bond acceptors (Lipinski definition) is 2. The Morgan fingerprint density at radius 1 is 1.32 bits per heavy atom. The van der Waals surface area contributed by atoms with Gasteiger partial charge >= 0.3 is 0 Å². The Balaban J connectivity index is 2.20. The number of halogens is 1. The van der Waals surface area contributed by atoms with Crippen LogP contribution in [-0.2, 0) is 13.0 Å². The van der Waals surface area contributed by atoms with Crippen LogP contribution in [0, 0.1) is 19.7 Å². The van der Waals surface area contributed by atoms with E-state index in [0.717, 1.165) is 23.5 Å². The van der Waals surface area contributed by atoms with Crippen LogP contribution in [0.15, 0.2) is 24.3 Å². The number of aryl methyl sites for hydroxylation is 3. The number of aromatic nitrogens is 2. The summed E-state index contributed by atoms with van der Waals surface area (Å²) in [7, 11) is 0. The van der Waals surface area contributed by atoms with Crippen molar-refractivity contribution in [3.63, 3.8) is 0 Å². The first kappa shape index (κ1) is 13.7. The average molecular weight is 261 g/mol. The molecule has 3 nitrogen and oxygen atoms in total. The van der Waals surface area contributed by atoms with Crippen molar-refractivity contribution in [2.24, 2.45) is 5.73 Å². The normalized spacial score (nSPS) is 12.7. The topological polar surface area (TPSA) is 43.8 Å². The lowest BCUT2D eigenvalue weighted by Crippen LogP contribution is -2.16. The fraction of sp³-hybridized carbons (Fsp3) is 0.400. The minimum atomic E-state index is -0.189. The van der Waals surface area contributed by atoms with Gasteiger partial charge < -0.3 is 5.73 Å². The van der Waals surface area contributed by atoms with E-state index in [-0.39, 0.29) is 11.9 Å². The van der Waals surface area contributed by atoms with Crippen molar-refractivity contribution in [3.05, 3.63) is 52.6 Å². The summed E-state index contributed by atoms with van der Waals surface area (Å²) in [4.78, 5) is 0. The van der Waals surface area contributed by atoms with E-state index in [2.05, 4.69) is 18.1 Å². The molecule has 0 saturated heterocycles. The molecule has 0 aliphatic carbocycles. The Bertz CT molecular complexity index is 575. The van der Waals surface area contributed by atoms with Crippen LogP contribution in [-0.4, -0.2) is 9.78 Å². The Labute approximate surface area is 113 Å². The van der Waals surface area contributed by atoms with Crippen molar-refractivity contribution in [1.82, 2.24) is 9.78 Å². The zero-order valence-corrected chi connectivity index (χ0v) is 11.7. The molecule has 0 amide bonds. The van der Waals surface area contributed by atoms with Crippen LogP contribution in [0.1, 0.15) is 35.5 Å².